The van der Waals surface area contributed by atoms with Crippen molar-refractivity contribution >= 4 is 17.5 Å². The zero-order chi connectivity index (χ0) is 22.8. The third-order valence-electron chi connectivity index (χ3n) is 5.36. The summed E-state index contributed by atoms with van der Waals surface area (Å²) in [6.45, 7) is 2.55. The fourth-order valence-electron chi connectivity index (χ4n) is 3.63. The van der Waals surface area contributed by atoms with Crippen LogP contribution in [0, 0.1) is 11.6 Å². The van der Waals surface area contributed by atoms with Crippen molar-refractivity contribution in [1.82, 2.24) is 14.9 Å². The number of hydrogen-bond acceptors (Lipinski definition) is 4. The van der Waals surface area contributed by atoms with E-state index < -0.39 is 17.2 Å². The number of aromatic amines is 1. The molecule has 0 spiro atoms. The van der Waals surface area contributed by atoms with Crippen LogP contribution in [0.5, 0.6) is 5.88 Å². The SMILES string of the molecule is CC(=O)N1CCc2cc(Cc3nc(OCc4ccc(F)cc4F)c(Cl)c(=O)[nH]3)ccc2C1. The molecule has 4 rings (SSSR count). The van der Waals surface area contributed by atoms with Crippen molar-refractivity contribution in [3.63, 3.8) is 0 Å². The second-order valence-electron chi connectivity index (χ2n) is 7.63. The highest BCUT2D eigenvalue weighted by Crippen LogP contribution is 2.23. The number of carbonyl (C=O) groups is 1. The lowest BCUT2D eigenvalue weighted by atomic mass is 9.96. The van der Waals surface area contributed by atoms with Gasteiger partial charge in [0.05, 0.1) is 0 Å². The summed E-state index contributed by atoms with van der Waals surface area (Å²) in [6, 6.07) is 9.06. The molecule has 2 heterocycles. The largest absolute Gasteiger partial charge is 0.471 e. The molecule has 6 nitrogen and oxygen atoms in total. The molecular formula is C23H20ClF2N3O3. The number of hydrogen-bond donors (Lipinski definition) is 1. The maximum absolute atomic E-state index is 13.8. The Balaban J connectivity index is 1.52. The predicted octanol–water partition coefficient (Wildman–Crippen LogP) is 3.78. The molecule has 166 valence electrons. The molecule has 0 saturated carbocycles. The van der Waals surface area contributed by atoms with E-state index in [1.165, 1.54) is 6.07 Å². The van der Waals surface area contributed by atoms with Gasteiger partial charge in [0.15, 0.2) is 5.02 Å². The van der Waals surface area contributed by atoms with Gasteiger partial charge in [-0.25, -0.2) is 8.78 Å². The molecule has 0 radical (unpaired) electrons. The minimum atomic E-state index is -0.761. The highest BCUT2D eigenvalue weighted by atomic mass is 35.5. The van der Waals surface area contributed by atoms with Crippen LogP contribution in [-0.4, -0.2) is 27.3 Å². The summed E-state index contributed by atoms with van der Waals surface area (Å²) in [5.74, 6) is -1.18. The lowest BCUT2D eigenvalue weighted by Crippen LogP contribution is -2.34. The van der Waals surface area contributed by atoms with Crippen LogP contribution in [-0.2, 0) is 30.8 Å². The Labute approximate surface area is 187 Å². The van der Waals surface area contributed by atoms with Crippen molar-refractivity contribution in [3.05, 3.63) is 91.5 Å². The van der Waals surface area contributed by atoms with E-state index >= 15 is 0 Å². The molecule has 1 aliphatic heterocycles. The van der Waals surface area contributed by atoms with E-state index in [1.807, 2.05) is 18.2 Å². The molecule has 2 aromatic carbocycles. The van der Waals surface area contributed by atoms with E-state index in [0.717, 1.165) is 35.2 Å². The minimum Gasteiger partial charge on any atom is -0.471 e. The van der Waals surface area contributed by atoms with Gasteiger partial charge in [0.25, 0.3) is 5.56 Å². The molecule has 0 aliphatic carbocycles. The highest BCUT2D eigenvalue weighted by Gasteiger charge is 2.19. The first-order valence-electron chi connectivity index (χ1n) is 10.0. The second kappa shape index (κ2) is 9.08. The maximum atomic E-state index is 13.8. The minimum absolute atomic E-state index is 0.0516. The average Bonchev–Trinajstić information content (AvgIpc) is 2.75. The van der Waals surface area contributed by atoms with Crippen LogP contribution in [0.3, 0.4) is 0 Å². The van der Waals surface area contributed by atoms with Gasteiger partial charge < -0.3 is 14.6 Å². The Morgan fingerprint density at radius 3 is 2.78 bits per heavy atom. The number of amides is 1. The number of nitrogens with zero attached hydrogens (tertiary/aromatic N) is 2. The molecular weight excluding hydrogens is 440 g/mol. The van der Waals surface area contributed by atoms with Crippen molar-refractivity contribution in [1.29, 1.82) is 0 Å². The van der Waals surface area contributed by atoms with Gasteiger partial charge in [-0.2, -0.15) is 4.98 Å². The van der Waals surface area contributed by atoms with Crippen LogP contribution in [0.4, 0.5) is 8.78 Å². The van der Waals surface area contributed by atoms with E-state index in [-0.39, 0.29) is 29.0 Å². The van der Waals surface area contributed by atoms with Crippen molar-refractivity contribution in [2.24, 2.45) is 0 Å². The smallest absolute Gasteiger partial charge is 0.273 e. The summed E-state index contributed by atoms with van der Waals surface area (Å²) in [5, 5.41) is -0.244. The molecule has 0 atom stereocenters. The molecule has 9 heteroatoms. The number of H-pyrrole nitrogens is 1. The summed E-state index contributed by atoms with van der Waals surface area (Å²) in [4.78, 5) is 32.6. The first-order chi connectivity index (χ1) is 15.3. The van der Waals surface area contributed by atoms with Crippen LogP contribution in [0.25, 0.3) is 0 Å². The summed E-state index contributed by atoms with van der Waals surface area (Å²) < 4.78 is 32.4. The van der Waals surface area contributed by atoms with Crippen LogP contribution in [0.2, 0.25) is 5.02 Å². The van der Waals surface area contributed by atoms with Gasteiger partial charge in [-0.05, 0) is 35.2 Å². The molecule has 1 aliphatic rings. The zero-order valence-electron chi connectivity index (χ0n) is 17.3. The van der Waals surface area contributed by atoms with E-state index in [2.05, 4.69) is 9.97 Å². The van der Waals surface area contributed by atoms with E-state index in [4.69, 9.17) is 16.3 Å². The Bertz CT molecular complexity index is 1250. The van der Waals surface area contributed by atoms with Crippen LogP contribution < -0.4 is 10.3 Å². The number of nitrogens with one attached hydrogen (secondary N) is 1. The summed E-state index contributed by atoms with van der Waals surface area (Å²) in [7, 11) is 0. The summed E-state index contributed by atoms with van der Waals surface area (Å²) in [5.41, 5.74) is 2.72. The number of ether oxygens (including phenoxy) is 1. The number of carbonyl (C=O) groups excluding carboxylic acids is 1. The number of fused-ring (bicyclic) bond motifs is 1. The predicted molar refractivity (Wildman–Crippen MR) is 115 cm³/mol. The lowest BCUT2D eigenvalue weighted by Gasteiger charge is -2.28. The van der Waals surface area contributed by atoms with Gasteiger partial charge >= 0.3 is 0 Å². The van der Waals surface area contributed by atoms with Gasteiger partial charge in [0, 0.05) is 38.1 Å². The monoisotopic (exact) mass is 459 g/mol. The molecule has 1 aromatic heterocycles. The molecule has 3 aromatic rings. The Hall–Kier alpha value is -3.26. The molecule has 32 heavy (non-hydrogen) atoms. The lowest BCUT2D eigenvalue weighted by molar-refractivity contribution is -0.129. The molecule has 0 saturated heterocycles. The molecule has 0 bridgehead atoms. The quantitative estimate of drug-likeness (QED) is 0.630. The Morgan fingerprint density at radius 1 is 1.22 bits per heavy atom. The van der Waals surface area contributed by atoms with Crippen LogP contribution in [0.1, 0.15) is 35.0 Å². The standard InChI is InChI=1S/C23H20ClF2N3O3/c1-13(30)29-7-6-15-8-14(2-3-16(15)11-29)9-20-27-22(31)21(24)23(28-20)32-12-17-4-5-18(25)10-19(17)26/h2-5,8,10H,6-7,9,11-12H2,1H3,(H,27,28,31). The average molecular weight is 460 g/mol. The normalized spacial score (nSPS) is 13.1. The van der Waals surface area contributed by atoms with Crippen molar-refractivity contribution in [3.8, 4) is 5.88 Å². The fraction of sp³-hybridized carbons (Fsp3) is 0.261. The van der Waals surface area contributed by atoms with Crippen molar-refractivity contribution < 1.29 is 18.3 Å². The number of rotatable bonds is 5. The van der Waals surface area contributed by atoms with E-state index in [1.54, 1.807) is 11.8 Å². The van der Waals surface area contributed by atoms with Gasteiger partial charge in [-0.3, -0.25) is 9.59 Å². The maximum Gasteiger partial charge on any atom is 0.273 e. The number of aromatic nitrogens is 2. The van der Waals surface area contributed by atoms with Crippen molar-refractivity contribution in [2.75, 3.05) is 6.54 Å². The van der Waals surface area contributed by atoms with Gasteiger partial charge in [-0.15, -0.1) is 0 Å². The highest BCUT2D eigenvalue weighted by molar-refractivity contribution is 6.31. The van der Waals surface area contributed by atoms with Gasteiger partial charge in [0.1, 0.15) is 24.1 Å². The molecule has 0 unspecified atom stereocenters. The van der Waals surface area contributed by atoms with Gasteiger partial charge in [-0.1, -0.05) is 29.8 Å². The topological polar surface area (TPSA) is 75.3 Å². The van der Waals surface area contributed by atoms with E-state index in [9.17, 15) is 18.4 Å². The number of benzene rings is 2. The Kier molecular flexibility index (Phi) is 6.23. The van der Waals surface area contributed by atoms with Gasteiger partial charge in [0.2, 0.25) is 11.8 Å². The number of halogens is 3. The molecule has 0 fully saturated rings. The summed E-state index contributed by atoms with van der Waals surface area (Å²) >= 11 is 6.02. The zero-order valence-corrected chi connectivity index (χ0v) is 18.0. The molecule has 1 N–H and O–H groups in total. The van der Waals surface area contributed by atoms with Crippen LogP contribution >= 0.6 is 11.6 Å². The first kappa shape index (κ1) is 22.0. The Morgan fingerprint density at radius 2 is 2.03 bits per heavy atom. The fourth-order valence-corrected chi connectivity index (χ4v) is 3.77. The van der Waals surface area contributed by atoms with Crippen LogP contribution in [0.15, 0.2) is 41.2 Å². The third-order valence-corrected chi connectivity index (χ3v) is 5.69. The summed E-state index contributed by atoms with van der Waals surface area (Å²) in [6.07, 6.45) is 1.09. The van der Waals surface area contributed by atoms with Crippen molar-refractivity contribution in [2.45, 2.75) is 32.9 Å². The third kappa shape index (κ3) is 4.80. The second-order valence-corrected chi connectivity index (χ2v) is 8.00. The first-order valence-corrected chi connectivity index (χ1v) is 10.4. The van der Waals surface area contributed by atoms with E-state index in [0.29, 0.717) is 25.3 Å². The molecule has 1 amide bonds.